The molecule has 6 N–H and O–H groups in total. The summed E-state index contributed by atoms with van der Waals surface area (Å²) in [5.41, 5.74) is 6.76. The van der Waals surface area contributed by atoms with Crippen molar-refractivity contribution < 1.29 is 0 Å². The van der Waals surface area contributed by atoms with Gasteiger partial charge in [0.15, 0.2) is 0 Å². The summed E-state index contributed by atoms with van der Waals surface area (Å²) < 4.78 is 0. The maximum atomic E-state index is 5.30. The van der Waals surface area contributed by atoms with E-state index in [9.17, 15) is 0 Å². The normalized spacial score (nSPS) is 42.7. The Morgan fingerprint density at radius 3 is 2.42 bits per heavy atom. The van der Waals surface area contributed by atoms with Gasteiger partial charge in [0.1, 0.15) is 0 Å². The van der Waals surface area contributed by atoms with E-state index in [2.05, 4.69) is 49.3 Å². The van der Waals surface area contributed by atoms with Crippen molar-refractivity contribution in [3.8, 4) is 0 Å². The molecule has 0 aromatic carbocycles. The van der Waals surface area contributed by atoms with Crippen LogP contribution in [0, 0.1) is 40.4 Å². The smallest absolute Gasteiger partial charge is 0.0125 e. The molecule has 0 aromatic rings. The quantitative estimate of drug-likeness (QED) is 0.175. The summed E-state index contributed by atoms with van der Waals surface area (Å²) in [6, 6.07) is 1.36. The standard InChI is InChI=1S/C28H55N5/c1-20(2)30-16-5-7-21-9-11-25-24-10-8-22-19-23(31-17-6-18-32-33-29)12-14-28(22,4)26(24)13-15-27(21,25)3/h20-26,30-33H,5-19,29H2,1-4H3/t21?,22?,23?,24?,25?,26?,27-,28+/m1/s1. The molecule has 0 radical (unpaired) electrons. The third-order valence-corrected chi connectivity index (χ3v) is 11.2. The Hall–Kier alpha value is -0.200. The maximum absolute atomic E-state index is 5.30. The van der Waals surface area contributed by atoms with Crippen LogP contribution in [0.4, 0.5) is 0 Å². The summed E-state index contributed by atoms with van der Waals surface area (Å²) in [4.78, 5) is 0. The molecule has 5 heteroatoms. The SMILES string of the molecule is CC(C)NCCCC1CCC2C3CCC4CC(NCCCNNN)CC[C@]4(C)C3CC[C@]12C. The number of hydrogen-bond acceptors (Lipinski definition) is 5. The molecular weight excluding hydrogens is 406 g/mol. The fraction of sp³-hybridized carbons (Fsp3) is 1.00. The molecule has 0 aliphatic heterocycles. The highest BCUT2D eigenvalue weighted by Gasteiger charge is 2.59. The van der Waals surface area contributed by atoms with Gasteiger partial charge < -0.3 is 10.6 Å². The van der Waals surface area contributed by atoms with Gasteiger partial charge >= 0.3 is 0 Å². The minimum absolute atomic E-state index is 0.604. The second kappa shape index (κ2) is 11.2. The fourth-order valence-electron chi connectivity index (χ4n) is 9.32. The zero-order chi connectivity index (χ0) is 23.5. The number of fused-ring (bicyclic) bond motifs is 5. The molecule has 192 valence electrons. The van der Waals surface area contributed by atoms with Crippen molar-refractivity contribution >= 4 is 0 Å². The number of rotatable bonds is 11. The van der Waals surface area contributed by atoms with Crippen molar-refractivity contribution in [1.82, 2.24) is 21.6 Å². The predicted octanol–water partition coefficient (Wildman–Crippen LogP) is 4.74. The number of hydrazine groups is 2. The van der Waals surface area contributed by atoms with Gasteiger partial charge in [0, 0.05) is 18.6 Å². The number of nitrogens with one attached hydrogen (secondary N) is 4. The molecule has 0 saturated heterocycles. The van der Waals surface area contributed by atoms with E-state index in [1.807, 2.05) is 0 Å². The zero-order valence-corrected chi connectivity index (χ0v) is 22.2. The first-order valence-corrected chi connectivity index (χ1v) is 14.5. The molecular formula is C28H55N5. The van der Waals surface area contributed by atoms with Crippen molar-refractivity contribution in [2.24, 2.45) is 46.3 Å². The molecule has 0 spiro atoms. The minimum atomic E-state index is 0.604. The van der Waals surface area contributed by atoms with E-state index in [1.165, 1.54) is 77.2 Å². The number of nitrogens with two attached hydrogens (primary N) is 1. The Morgan fingerprint density at radius 2 is 1.64 bits per heavy atom. The third kappa shape index (κ3) is 5.48. The van der Waals surface area contributed by atoms with Crippen LogP contribution in [0.1, 0.15) is 105 Å². The lowest BCUT2D eigenvalue weighted by Crippen LogP contribution is -2.55. The molecule has 0 heterocycles. The van der Waals surface area contributed by atoms with E-state index in [4.69, 9.17) is 5.84 Å². The zero-order valence-electron chi connectivity index (χ0n) is 22.2. The van der Waals surface area contributed by atoms with Gasteiger partial charge in [0.05, 0.1) is 0 Å². The van der Waals surface area contributed by atoms with Crippen LogP contribution < -0.4 is 27.4 Å². The second-order valence-corrected chi connectivity index (χ2v) is 13.1. The first kappa shape index (κ1) is 25.9. The molecule has 4 saturated carbocycles. The average Bonchev–Trinajstić information content (AvgIpc) is 3.13. The van der Waals surface area contributed by atoms with Gasteiger partial charge in [-0.15, -0.1) is 0 Å². The van der Waals surface area contributed by atoms with E-state index in [0.29, 0.717) is 16.9 Å². The van der Waals surface area contributed by atoms with Gasteiger partial charge in [-0.05, 0) is 131 Å². The molecule has 4 aliphatic rings. The van der Waals surface area contributed by atoms with Gasteiger partial charge in [-0.25, -0.2) is 5.43 Å². The lowest BCUT2D eigenvalue weighted by Gasteiger charge is -2.61. The maximum Gasteiger partial charge on any atom is 0.0125 e. The van der Waals surface area contributed by atoms with Crippen LogP contribution in [0.2, 0.25) is 0 Å². The molecule has 4 fully saturated rings. The van der Waals surface area contributed by atoms with Crippen molar-refractivity contribution in [2.45, 2.75) is 117 Å². The van der Waals surface area contributed by atoms with E-state index in [-0.39, 0.29) is 0 Å². The monoisotopic (exact) mass is 461 g/mol. The highest BCUT2D eigenvalue weighted by atomic mass is 15.5. The molecule has 0 amide bonds. The average molecular weight is 462 g/mol. The van der Waals surface area contributed by atoms with E-state index in [1.54, 1.807) is 0 Å². The molecule has 5 nitrogen and oxygen atoms in total. The molecule has 0 aromatic heterocycles. The topological polar surface area (TPSA) is 74.1 Å². The van der Waals surface area contributed by atoms with Crippen LogP contribution in [0.15, 0.2) is 0 Å². The first-order valence-electron chi connectivity index (χ1n) is 14.5. The van der Waals surface area contributed by atoms with E-state index >= 15 is 0 Å². The second-order valence-electron chi connectivity index (χ2n) is 13.1. The van der Waals surface area contributed by atoms with Crippen LogP contribution in [-0.4, -0.2) is 31.7 Å². The lowest BCUT2D eigenvalue weighted by atomic mass is 9.44. The third-order valence-electron chi connectivity index (χ3n) is 11.2. The summed E-state index contributed by atoms with van der Waals surface area (Å²) in [5.74, 6) is 10.2. The summed E-state index contributed by atoms with van der Waals surface area (Å²) in [6.07, 6.45) is 17.3. The Bertz CT molecular complexity index is 611. The van der Waals surface area contributed by atoms with E-state index < -0.39 is 0 Å². The lowest BCUT2D eigenvalue weighted by molar-refractivity contribution is -0.115. The Labute approximate surface area is 204 Å². The van der Waals surface area contributed by atoms with Crippen LogP contribution >= 0.6 is 0 Å². The molecule has 4 rings (SSSR count). The van der Waals surface area contributed by atoms with Gasteiger partial charge in [0.25, 0.3) is 0 Å². The summed E-state index contributed by atoms with van der Waals surface area (Å²) in [6.45, 7) is 13.2. The van der Waals surface area contributed by atoms with Crippen LogP contribution in [0.5, 0.6) is 0 Å². The van der Waals surface area contributed by atoms with Crippen molar-refractivity contribution in [3.63, 3.8) is 0 Å². The first-order chi connectivity index (χ1) is 15.9. The van der Waals surface area contributed by atoms with Crippen molar-refractivity contribution in [3.05, 3.63) is 0 Å². The summed E-state index contributed by atoms with van der Waals surface area (Å²) in [7, 11) is 0. The van der Waals surface area contributed by atoms with Gasteiger partial charge in [-0.3, -0.25) is 5.84 Å². The number of hydrogen-bond donors (Lipinski definition) is 5. The van der Waals surface area contributed by atoms with Crippen LogP contribution in [-0.2, 0) is 0 Å². The van der Waals surface area contributed by atoms with Gasteiger partial charge in [0.2, 0.25) is 0 Å². The molecule has 6 unspecified atom stereocenters. The summed E-state index contributed by atoms with van der Waals surface area (Å²) in [5, 5.41) is 7.51. The van der Waals surface area contributed by atoms with Crippen LogP contribution in [0.25, 0.3) is 0 Å². The van der Waals surface area contributed by atoms with Crippen molar-refractivity contribution in [2.75, 3.05) is 19.6 Å². The largest absolute Gasteiger partial charge is 0.315 e. The Kier molecular flexibility index (Phi) is 8.82. The Balaban J connectivity index is 1.31. The Morgan fingerprint density at radius 1 is 0.848 bits per heavy atom. The molecule has 0 bridgehead atoms. The summed E-state index contributed by atoms with van der Waals surface area (Å²) >= 11 is 0. The highest BCUT2D eigenvalue weighted by molar-refractivity contribution is 5.09. The predicted molar refractivity (Wildman–Crippen MR) is 139 cm³/mol. The molecule has 4 aliphatic carbocycles. The van der Waals surface area contributed by atoms with Gasteiger partial charge in [-0.2, -0.15) is 5.53 Å². The van der Waals surface area contributed by atoms with E-state index in [0.717, 1.165) is 55.1 Å². The highest BCUT2D eigenvalue weighted by Crippen LogP contribution is 2.67. The molecule has 33 heavy (non-hydrogen) atoms. The van der Waals surface area contributed by atoms with Crippen LogP contribution in [0.3, 0.4) is 0 Å². The van der Waals surface area contributed by atoms with Crippen molar-refractivity contribution in [1.29, 1.82) is 0 Å². The fourth-order valence-corrected chi connectivity index (χ4v) is 9.32. The molecule has 8 atom stereocenters. The minimum Gasteiger partial charge on any atom is -0.315 e. The van der Waals surface area contributed by atoms with Gasteiger partial charge in [-0.1, -0.05) is 27.7 Å².